The Bertz CT molecular complexity index is 230. The Morgan fingerprint density at radius 2 is 1.87 bits per heavy atom. The van der Waals surface area contributed by atoms with Crippen LogP contribution in [0.4, 0.5) is 4.79 Å². The van der Waals surface area contributed by atoms with E-state index in [1.165, 1.54) is 11.8 Å². The quantitative estimate of drug-likeness (QED) is 0.599. The first kappa shape index (κ1) is 13.7. The first-order chi connectivity index (χ1) is 6.90. The lowest BCUT2D eigenvalue weighted by atomic mass is 10.3. The molecule has 0 aromatic rings. The second-order valence-electron chi connectivity index (χ2n) is 3.52. The van der Waals surface area contributed by atoms with E-state index >= 15 is 0 Å². The number of carbonyl (C=O) groups is 2. The molecule has 0 saturated heterocycles. The van der Waals surface area contributed by atoms with Gasteiger partial charge < -0.3 is 20.4 Å². The second-order valence-corrected chi connectivity index (χ2v) is 3.52. The van der Waals surface area contributed by atoms with Crippen molar-refractivity contribution in [2.45, 2.75) is 32.9 Å². The molecule has 6 nitrogen and oxygen atoms in total. The highest BCUT2D eigenvalue weighted by atomic mass is 16.4. The van der Waals surface area contributed by atoms with Gasteiger partial charge in [0.25, 0.3) is 0 Å². The lowest BCUT2D eigenvalue weighted by Crippen LogP contribution is -2.50. The Hall–Kier alpha value is -1.30. The molecule has 0 aliphatic heterocycles. The fourth-order valence-corrected chi connectivity index (χ4v) is 1.03. The minimum atomic E-state index is -1.09. The molecule has 2 amide bonds. The summed E-state index contributed by atoms with van der Waals surface area (Å²) in [6.07, 6.45) is 0. The molecule has 0 bridgehead atoms. The molecular weight excluding hydrogens is 200 g/mol. The van der Waals surface area contributed by atoms with Crippen molar-refractivity contribution in [3.8, 4) is 0 Å². The van der Waals surface area contributed by atoms with E-state index in [0.29, 0.717) is 0 Å². The SMILES string of the molecule is CC(C)N(CCO)C(=O)N[C@@H](C)C(=O)O. The van der Waals surface area contributed by atoms with Crippen LogP contribution < -0.4 is 5.32 Å². The van der Waals surface area contributed by atoms with Crippen LogP contribution >= 0.6 is 0 Å². The summed E-state index contributed by atoms with van der Waals surface area (Å²) in [5.41, 5.74) is 0. The third-order valence-electron chi connectivity index (χ3n) is 1.94. The summed E-state index contributed by atoms with van der Waals surface area (Å²) < 4.78 is 0. The normalized spacial score (nSPS) is 12.3. The van der Waals surface area contributed by atoms with Gasteiger partial charge in [-0.1, -0.05) is 0 Å². The number of nitrogens with one attached hydrogen (secondary N) is 1. The highest BCUT2D eigenvalue weighted by molar-refractivity contribution is 5.82. The van der Waals surface area contributed by atoms with Crippen molar-refractivity contribution < 1.29 is 19.8 Å². The van der Waals surface area contributed by atoms with Crippen molar-refractivity contribution in [2.75, 3.05) is 13.2 Å². The van der Waals surface area contributed by atoms with Crippen molar-refractivity contribution >= 4 is 12.0 Å². The van der Waals surface area contributed by atoms with Crippen LogP contribution in [0.25, 0.3) is 0 Å². The van der Waals surface area contributed by atoms with Crippen molar-refractivity contribution in [3.05, 3.63) is 0 Å². The van der Waals surface area contributed by atoms with E-state index in [-0.39, 0.29) is 19.2 Å². The average molecular weight is 218 g/mol. The number of carboxylic acids is 1. The minimum absolute atomic E-state index is 0.0851. The first-order valence-electron chi connectivity index (χ1n) is 4.81. The summed E-state index contributed by atoms with van der Waals surface area (Å²) in [6, 6.07) is -1.50. The van der Waals surface area contributed by atoms with E-state index < -0.39 is 18.0 Å². The number of aliphatic hydroxyl groups is 1. The molecule has 88 valence electrons. The maximum Gasteiger partial charge on any atom is 0.325 e. The van der Waals surface area contributed by atoms with E-state index in [2.05, 4.69) is 5.32 Å². The predicted molar refractivity (Wildman–Crippen MR) is 54.6 cm³/mol. The summed E-state index contributed by atoms with van der Waals surface area (Å²) >= 11 is 0. The molecule has 15 heavy (non-hydrogen) atoms. The van der Waals surface area contributed by atoms with Crippen LogP contribution in [-0.4, -0.2) is 52.3 Å². The van der Waals surface area contributed by atoms with Gasteiger partial charge in [0.2, 0.25) is 0 Å². The Morgan fingerprint density at radius 1 is 1.33 bits per heavy atom. The number of rotatable bonds is 5. The molecule has 0 saturated carbocycles. The van der Waals surface area contributed by atoms with Crippen LogP contribution in [-0.2, 0) is 4.79 Å². The number of carboxylic acid groups (broad SMARTS) is 1. The molecule has 0 fully saturated rings. The van der Waals surface area contributed by atoms with Crippen LogP contribution in [0.15, 0.2) is 0 Å². The van der Waals surface area contributed by atoms with Crippen LogP contribution in [0.2, 0.25) is 0 Å². The van der Waals surface area contributed by atoms with Crippen LogP contribution in [0.5, 0.6) is 0 Å². The Labute approximate surface area is 88.9 Å². The van der Waals surface area contributed by atoms with Crippen LogP contribution in [0, 0.1) is 0 Å². The summed E-state index contributed by atoms with van der Waals surface area (Å²) in [4.78, 5) is 23.4. The van der Waals surface area contributed by atoms with Crippen molar-refractivity contribution in [2.24, 2.45) is 0 Å². The monoisotopic (exact) mass is 218 g/mol. The molecule has 6 heteroatoms. The molecule has 0 radical (unpaired) electrons. The predicted octanol–water partition coefficient (Wildman–Crippen LogP) is -0.128. The molecule has 0 aromatic heterocycles. The third kappa shape index (κ3) is 4.64. The summed E-state index contributed by atoms with van der Waals surface area (Å²) in [6.45, 7) is 5.02. The summed E-state index contributed by atoms with van der Waals surface area (Å²) in [5, 5.41) is 19.7. The fraction of sp³-hybridized carbons (Fsp3) is 0.778. The largest absolute Gasteiger partial charge is 0.480 e. The van der Waals surface area contributed by atoms with Gasteiger partial charge in [-0.3, -0.25) is 4.79 Å². The van der Waals surface area contributed by atoms with Gasteiger partial charge in [-0.25, -0.2) is 4.79 Å². The Balaban J connectivity index is 4.32. The molecule has 0 aliphatic carbocycles. The molecule has 0 heterocycles. The Kier molecular flexibility index (Phi) is 5.69. The third-order valence-corrected chi connectivity index (χ3v) is 1.94. The number of amides is 2. The molecular formula is C9H18N2O4. The smallest absolute Gasteiger partial charge is 0.325 e. The topological polar surface area (TPSA) is 89.9 Å². The summed E-state index contributed by atoms with van der Waals surface area (Å²) in [7, 11) is 0. The molecule has 0 aliphatic rings. The highest BCUT2D eigenvalue weighted by Crippen LogP contribution is 1.98. The van der Waals surface area contributed by atoms with Crippen LogP contribution in [0.3, 0.4) is 0 Å². The fourth-order valence-electron chi connectivity index (χ4n) is 1.03. The number of aliphatic carboxylic acids is 1. The van der Waals surface area contributed by atoms with Gasteiger partial charge in [0, 0.05) is 12.6 Å². The van der Waals surface area contributed by atoms with E-state index in [1.807, 2.05) is 0 Å². The van der Waals surface area contributed by atoms with Crippen molar-refractivity contribution in [3.63, 3.8) is 0 Å². The van der Waals surface area contributed by atoms with E-state index in [4.69, 9.17) is 10.2 Å². The minimum Gasteiger partial charge on any atom is -0.480 e. The highest BCUT2D eigenvalue weighted by Gasteiger charge is 2.20. The van der Waals surface area contributed by atoms with E-state index in [9.17, 15) is 9.59 Å². The van der Waals surface area contributed by atoms with Crippen LogP contribution in [0.1, 0.15) is 20.8 Å². The van der Waals surface area contributed by atoms with Gasteiger partial charge in [0.1, 0.15) is 6.04 Å². The van der Waals surface area contributed by atoms with Gasteiger partial charge in [-0.05, 0) is 20.8 Å². The average Bonchev–Trinajstić information content (AvgIpc) is 2.12. The number of hydrogen-bond acceptors (Lipinski definition) is 3. The van der Waals surface area contributed by atoms with E-state index in [1.54, 1.807) is 13.8 Å². The molecule has 0 unspecified atom stereocenters. The molecule has 0 rings (SSSR count). The zero-order valence-corrected chi connectivity index (χ0v) is 9.23. The molecule has 0 aromatic carbocycles. The Morgan fingerprint density at radius 3 is 2.20 bits per heavy atom. The number of hydrogen-bond donors (Lipinski definition) is 3. The standard InChI is InChI=1S/C9H18N2O4/c1-6(2)11(4-5-12)9(15)10-7(3)8(13)14/h6-7,12H,4-5H2,1-3H3,(H,10,15)(H,13,14)/t7-/m0/s1. The van der Waals surface area contributed by atoms with Crippen molar-refractivity contribution in [1.82, 2.24) is 10.2 Å². The second kappa shape index (κ2) is 6.23. The molecule has 3 N–H and O–H groups in total. The van der Waals surface area contributed by atoms with Gasteiger partial charge in [-0.2, -0.15) is 0 Å². The lowest BCUT2D eigenvalue weighted by molar-refractivity contribution is -0.138. The number of carbonyl (C=O) groups excluding carboxylic acids is 1. The maximum atomic E-state index is 11.5. The van der Waals surface area contributed by atoms with Gasteiger partial charge in [0.15, 0.2) is 0 Å². The number of aliphatic hydroxyl groups excluding tert-OH is 1. The molecule has 1 atom stereocenters. The van der Waals surface area contributed by atoms with Gasteiger partial charge >= 0.3 is 12.0 Å². The van der Waals surface area contributed by atoms with Gasteiger partial charge in [0.05, 0.1) is 6.61 Å². The van der Waals surface area contributed by atoms with Crippen molar-refractivity contribution in [1.29, 1.82) is 0 Å². The zero-order chi connectivity index (χ0) is 12.0. The van der Waals surface area contributed by atoms with E-state index in [0.717, 1.165) is 0 Å². The van der Waals surface area contributed by atoms with Gasteiger partial charge in [-0.15, -0.1) is 0 Å². The number of nitrogens with zero attached hydrogens (tertiary/aromatic N) is 1. The zero-order valence-electron chi connectivity index (χ0n) is 9.23. The molecule has 0 spiro atoms. The maximum absolute atomic E-state index is 11.5. The lowest BCUT2D eigenvalue weighted by Gasteiger charge is -2.27. The number of urea groups is 1. The summed E-state index contributed by atoms with van der Waals surface area (Å²) in [5.74, 6) is -1.09. The first-order valence-corrected chi connectivity index (χ1v) is 4.81.